The molecule has 0 bridgehead atoms. The van der Waals surface area contributed by atoms with Crippen LogP contribution in [0.3, 0.4) is 0 Å². The summed E-state index contributed by atoms with van der Waals surface area (Å²) in [6.45, 7) is 1.28. The van der Waals surface area contributed by atoms with Crippen molar-refractivity contribution in [3.63, 3.8) is 0 Å². The third-order valence-corrected chi connectivity index (χ3v) is 3.53. The van der Waals surface area contributed by atoms with E-state index in [4.69, 9.17) is 11.6 Å². The van der Waals surface area contributed by atoms with E-state index in [1.165, 1.54) is 6.07 Å². The molecule has 6 heteroatoms. The molecule has 2 aromatic carbocycles. The van der Waals surface area contributed by atoms with E-state index in [1.54, 1.807) is 12.1 Å². The largest absolute Gasteiger partial charge is 0.303 e. The molecule has 0 amide bonds. The summed E-state index contributed by atoms with van der Waals surface area (Å²) in [5, 5.41) is 13.5. The lowest BCUT2D eigenvalue weighted by molar-refractivity contribution is -0.384. The molecule has 0 saturated carbocycles. The molecule has 1 aliphatic heterocycles. The van der Waals surface area contributed by atoms with Crippen LogP contribution in [0, 0.1) is 10.1 Å². The second-order valence-electron chi connectivity index (χ2n) is 4.62. The zero-order chi connectivity index (χ0) is 14.1. The average Bonchev–Trinajstić information content (AvgIpc) is 2.84. The van der Waals surface area contributed by atoms with Gasteiger partial charge in [0, 0.05) is 23.7 Å². The molecule has 2 aromatic rings. The number of benzene rings is 2. The molecule has 0 radical (unpaired) electrons. The van der Waals surface area contributed by atoms with Crippen LogP contribution in [0.1, 0.15) is 11.1 Å². The number of rotatable bonds is 3. The lowest BCUT2D eigenvalue weighted by Crippen LogP contribution is -2.31. The van der Waals surface area contributed by atoms with Crippen molar-refractivity contribution in [1.29, 1.82) is 0 Å². The predicted octanol–water partition coefficient (Wildman–Crippen LogP) is 3.27. The highest BCUT2D eigenvalue weighted by Crippen LogP contribution is 2.29. The summed E-state index contributed by atoms with van der Waals surface area (Å²) < 4.78 is 0. The zero-order valence-electron chi connectivity index (χ0n) is 10.5. The first kappa shape index (κ1) is 12.9. The Kier molecular flexibility index (Phi) is 3.30. The molecule has 1 aliphatic rings. The first-order chi connectivity index (χ1) is 9.63. The summed E-state index contributed by atoms with van der Waals surface area (Å²) in [6.07, 6.45) is 0. The lowest BCUT2D eigenvalue weighted by Gasteiger charge is -2.19. The fourth-order valence-electron chi connectivity index (χ4n) is 2.27. The Morgan fingerprint density at radius 1 is 1.25 bits per heavy atom. The normalized spacial score (nSPS) is 13.3. The minimum absolute atomic E-state index is 0.124. The SMILES string of the molecule is O=[N+]([O-])c1ccc2c(c1)CNN2Cc1ccc(Cl)cc1. The van der Waals surface area contributed by atoms with Crippen molar-refractivity contribution < 1.29 is 4.92 Å². The number of hydrogen-bond acceptors (Lipinski definition) is 4. The van der Waals surface area contributed by atoms with Crippen LogP contribution in [0.4, 0.5) is 11.4 Å². The van der Waals surface area contributed by atoms with E-state index in [0.29, 0.717) is 18.1 Å². The highest BCUT2D eigenvalue weighted by atomic mass is 35.5. The Morgan fingerprint density at radius 2 is 2.00 bits per heavy atom. The second kappa shape index (κ2) is 5.11. The van der Waals surface area contributed by atoms with E-state index in [0.717, 1.165) is 16.8 Å². The van der Waals surface area contributed by atoms with Crippen molar-refractivity contribution in [2.24, 2.45) is 0 Å². The molecule has 0 unspecified atom stereocenters. The highest BCUT2D eigenvalue weighted by molar-refractivity contribution is 6.30. The number of nitrogens with one attached hydrogen (secondary N) is 1. The maximum absolute atomic E-state index is 10.8. The van der Waals surface area contributed by atoms with Crippen LogP contribution in [-0.2, 0) is 13.1 Å². The van der Waals surface area contributed by atoms with Crippen LogP contribution < -0.4 is 10.4 Å². The van der Waals surface area contributed by atoms with Gasteiger partial charge in [-0.1, -0.05) is 23.7 Å². The van der Waals surface area contributed by atoms with Crippen molar-refractivity contribution in [2.75, 3.05) is 5.01 Å². The minimum atomic E-state index is -0.373. The Labute approximate surface area is 120 Å². The molecule has 5 nitrogen and oxygen atoms in total. The van der Waals surface area contributed by atoms with Gasteiger partial charge in [0.25, 0.3) is 5.69 Å². The summed E-state index contributed by atoms with van der Waals surface area (Å²) in [6, 6.07) is 12.6. The van der Waals surface area contributed by atoms with Gasteiger partial charge in [0.2, 0.25) is 0 Å². The van der Waals surface area contributed by atoms with Gasteiger partial charge in [-0.15, -0.1) is 0 Å². The van der Waals surface area contributed by atoms with Crippen LogP contribution in [0.5, 0.6) is 0 Å². The van der Waals surface area contributed by atoms with Crippen LogP contribution >= 0.6 is 11.6 Å². The molecule has 0 saturated heterocycles. The molecule has 0 spiro atoms. The third-order valence-electron chi connectivity index (χ3n) is 3.28. The van der Waals surface area contributed by atoms with Crippen molar-refractivity contribution in [3.05, 3.63) is 68.7 Å². The van der Waals surface area contributed by atoms with E-state index >= 15 is 0 Å². The van der Waals surface area contributed by atoms with Gasteiger partial charge in [-0.25, -0.2) is 5.43 Å². The molecule has 1 N–H and O–H groups in total. The molecule has 0 fully saturated rings. The van der Waals surface area contributed by atoms with Gasteiger partial charge in [0.1, 0.15) is 0 Å². The van der Waals surface area contributed by atoms with Crippen LogP contribution in [0.15, 0.2) is 42.5 Å². The van der Waals surface area contributed by atoms with Gasteiger partial charge in [0.15, 0.2) is 0 Å². The maximum Gasteiger partial charge on any atom is 0.269 e. The lowest BCUT2D eigenvalue weighted by atomic mass is 10.1. The van der Waals surface area contributed by atoms with Gasteiger partial charge >= 0.3 is 0 Å². The third kappa shape index (κ3) is 2.45. The number of hydrazine groups is 1. The fraction of sp³-hybridized carbons (Fsp3) is 0.143. The van der Waals surface area contributed by atoms with E-state index in [9.17, 15) is 10.1 Å². The monoisotopic (exact) mass is 289 g/mol. The molecular weight excluding hydrogens is 278 g/mol. The number of nitro benzene ring substituents is 1. The van der Waals surface area contributed by atoms with Crippen molar-refractivity contribution in [2.45, 2.75) is 13.1 Å². The summed E-state index contributed by atoms with van der Waals surface area (Å²) in [7, 11) is 0. The average molecular weight is 290 g/mol. The highest BCUT2D eigenvalue weighted by Gasteiger charge is 2.21. The first-order valence-corrected chi connectivity index (χ1v) is 6.54. The van der Waals surface area contributed by atoms with Crippen molar-refractivity contribution >= 4 is 23.0 Å². The minimum Gasteiger partial charge on any atom is -0.303 e. The molecule has 20 heavy (non-hydrogen) atoms. The number of nitrogens with zero attached hydrogens (tertiary/aromatic N) is 2. The number of non-ortho nitro benzene ring substituents is 1. The van der Waals surface area contributed by atoms with Crippen LogP contribution in [0.2, 0.25) is 5.02 Å². The molecule has 0 aliphatic carbocycles. The summed E-state index contributed by atoms with van der Waals surface area (Å²) in [4.78, 5) is 10.4. The summed E-state index contributed by atoms with van der Waals surface area (Å²) >= 11 is 5.86. The van der Waals surface area contributed by atoms with E-state index < -0.39 is 0 Å². The van der Waals surface area contributed by atoms with Gasteiger partial charge in [-0.3, -0.25) is 10.1 Å². The standard InChI is InChI=1S/C14H12ClN3O2/c15-12-3-1-10(2-4-12)9-17-14-6-5-13(18(19)20)7-11(14)8-16-17/h1-7,16H,8-9H2. The number of hydrogen-bond donors (Lipinski definition) is 1. The quantitative estimate of drug-likeness (QED) is 0.696. The number of fused-ring (bicyclic) bond motifs is 1. The Balaban J connectivity index is 1.82. The number of nitro groups is 1. The summed E-state index contributed by atoms with van der Waals surface area (Å²) in [5.41, 5.74) is 6.39. The van der Waals surface area contributed by atoms with E-state index in [-0.39, 0.29) is 10.6 Å². The molecule has 1 heterocycles. The number of halogens is 1. The first-order valence-electron chi connectivity index (χ1n) is 6.16. The smallest absolute Gasteiger partial charge is 0.269 e. The predicted molar refractivity (Wildman–Crippen MR) is 77.6 cm³/mol. The Hall–Kier alpha value is -2.11. The number of anilines is 1. The van der Waals surface area contributed by atoms with Crippen LogP contribution in [0.25, 0.3) is 0 Å². The molecule has 102 valence electrons. The Morgan fingerprint density at radius 3 is 2.70 bits per heavy atom. The van der Waals surface area contributed by atoms with Crippen molar-refractivity contribution in [1.82, 2.24) is 5.43 Å². The Bertz CT molecular complexity index is 658. The van der Waals surface area contributed by atoms with Gasteiger partial charge < -0.3 is 5.01 Å². The molecule has 3 rings (SSSR count). The van der Waals surface area contributed by atoms with Gasteiger partial charge in [0.05, 0.1) is 17.2 Å². The second-order valence-corrected chi connectivity index (χ2v) is 5.05. The van der Waals surface area contributed by atoms with Crippen LogP contribution in [-0.4, -0.2) is 4.92 Å². The zero-order valence-corrected chi connectivity index (χ0v) is 11.3. The fourth-order valence-corrected chi connectivity index (χ4v) is 2.40. The summed E-state index contributed by atoms with van der Waals surface area (Å²) in [5.74, 6) is 0. The van der Waals surface area contributed by atoms with Gasteiger partial charge in [-0.05, 0) is 29.3 Å². The molecule has 0 aromatic heterocycles. The molecular formula is C14H12ClN3O2. The van der Waals surface area contributed by atoms with Crippen molar-refractivity contribution in [3.8, 4) is 0 Å². The molecule has 0 atom stereocenters. The van der Waals surface area contributed by atoms with E-state index in [2.05, 4.69) is 5.43 Å². The topological polar surface area (TPSA) is 58.4 Å². The van der Waals surface area contributed by atoms with E-state index in [1.807, 2.05) is 29.3 Å². The van der Waals surface area contributed by atoms with Gasteiger partial charge in [-0.2, -0.15) is 0 Å². The maximum atomic E-state index is 10.8.